The lowest BCUT2D eigenvalue weighted by Gasteiger charge is -2.37. The Hall–Kier alpha value is -4.25. The van der Waals surface area contributed by atoms with Gasteiger partial charge in [0.2, 0.25) is 0 Å². The van der Waals surface area contributed by atoms with E-state index in [0.29, 0.717) is 11.5 Å². The first-order valence-electron chi connectivity index (χ1n) is 12.6. The lowest BCUT2D eigenvalue weighted by molar-refractivity contribution is -0.0950. The molecule has 0 radical (unpaired) electrons. The third-order valence-corrected chi connectivity index (χ3v) is 7.06. The van der Waals surface area contributed by atoms with E-state index in [-0.39, 0.29) is 6.61 Å². The summed E-state index contributed by atoms with van der Waals surface area (Å²) in [5.74, 6) is 1.31. The van der Waals surface area contributed by atoms with Crippen molar-refractivity contribution in [1.82, 2.24) is 9.55 Å². The van der Waals surface area contributed by atoms with Gasteiger partial charge in [-0.15, -0.1) is 0 Å². The van der Waals surface area contributed by atoms with Crippen molar-refractivity contribution in [2.24, 2.45) is 0 Å². The van der Waals surface area contributed by atoms with Gasteiger partial charge in [-0.2, -0.15) is 0 Å². The highest BCUT2D eigenvalue weighted by atomic mass is 19.1. The summed E-state index contributed by atoms with van der Waals surface area (Å²) in [7, 11) is 3.16. The number of aromatic nitrogens is 2. The topological polar surface area (TPSA) is 112 Å². The number of halogens is 1. The van der Waals surface area contributed by atoms with Gasteiger partial charge < -0.3 is 24.1 Å². The Kier molecular flexibility index (Phi) is 7.83. The first kappa shape index (κ1) is 27.3. The maximum atomic E-state index is 15.2. The van der Waals surface area contributed by atoms with Gasteiger partial charge >= 0.3 is 5.69 Å². The summed E-state index contributed by atoms with van der Waals surface area (Å²) in [6, 6.07) is 25.4. The van der Waals surface area contributed by atoms with Gasteiger partial charge in [0, 0.05) is 12.3 Å². The van der Waals surface area contributed by atoms with E-state index in [1.54, 1.807) is 14.2 Å². The van der Waals surface area contributed by atoms with Crippen LogP contribution in [0.15, 0.2) is 101 Å². The molecule has 2 N–H and O–H groups in total. The fourth-order valence-electron chi connectivity index (χ4n) is 4.97. The molecule has 1 aliphatic heterocycles. The first-order valence-corrected chi connectivity index (χ1v) is 12.6. The molecule has 1 saturated heterocycles. The zero-order valence-electron chi connectivity index (χ0n) is 21.9. The third-order valence-electron chi connectivity index (χ3n) is 7.06. The van der Waals surface area contributed by atoms with Crippen LogP contribution in [0, 0.1) is 0 Å². The molecule has 1 aromatic heterocycles. The van der Waals surface area contributed by atoms with Gasteiger partial charge in [-0.25, -0.2) is 9.18 Å². The van der Waals surface area contributed by atoms with E-state index in [2.05, 4.69) is 4.98 Å². The van der Waals surface area contributed by atoms with Crippen molar-refractivity contribution in [2.75, 3.05) is 20.8 Å². The number of hydrogen-bond donors (Lipinski definition) is 2. The highest BCUT2D eigenvalue weighted by molar-refractivity contribution is 5.49. The van der Waals surface area contributed by atoms with Crippen molar-refractivity contribution >= 4 is 0 Å². The van der Waals surface area contributed by atoms with Gasteiger partial charge in [-0.3, -0.25) is 14.3 Å². The summed E-state index contributed by atoms with van der Waals surface area (Å²) in [6.07, 6.45) is -4.97. The highest BCUT2D eigenvalue weighted by Gasteiger charge is 2.47. The van der Waals surface area contributed by atoms with Crippen LogP contribution in [-0.4, -0.2) is 53.9 Å². The Bertz CT molecular complexity index is 1490. The number of aliphatic hydroxyl groups excluding tert-OH is 1. The Morgan fingerprint density at radius 1 is 0.875 bits per heavy atom. The molecule has 0 amide bonds. The second-order valence-corrected chi connectivity index (χ2v) is 9.33. The van der Waals surface area contributed by atoms with E-state index in [1.165, 1.54) is 0 Å². The van der Waals surface area contributed by atoms with E-state index in [4.69, 9.17) is 18.9 Å². The van der Waals surface area contributed by atoms with Crippen LogP contribution in [0.4, 0.5) is 4.39 Å². The minimum Gasteiger partial charge on any atom is -0.497 e. The average molecular weight is 549 g/mol. The molecule has 4 atom stereocenters. The molecule has 208 valence electrons. The molecule has 3 aromatic carbocycles. The van der Waals surface area contributed by atoms with E-state index >= 15 is 4.39 Å². The largest absolute Gasteiger partial charge is 0.497 e. The Morgan fingerprint density at radius 2 is 1.43 bits per heavy atom. The zero-order valence-corrected chi connectivity index (χ0v) is 21.9. The smallest absolute Gasteiger partial charge is 0.330 e. The predicted octanol–water partition coefficient (Wildman–Crippen LogP) is 3.16. The van der Waals surface area contributed by atoms with Gasteiger partial charge in [-0.05, 0) is 41.0 Å². The summed E-state index contributed by atoms with van der Waals surface area (Å²) in [5, 5.41) is 10.8. The predicted molar refractivity (Wildman–Crippen MR) is 144 cm³/mol. The Balaban J connectivity index is 1.56. The van der Waals surface area contributed by atoms with Crippen molar-refractivity contribution in [3.05, 3.63) is 129 Å². The number of aromatic amines is 1. The van der Waals surface area contributed by atoms with Crippen molar-refractivity contribution in [2.45, 2.75) is 30.2 Å². The standard InChI is InChI=1S/C30H29FN2O7/c1-37-22-12-8-20(9-13-22)30(19-6-4-3-5-7-19,21-10-14-23(38-2)15-11-21)39-18-24-27(35)26(31)28(40-24)33-17-16-25(34)32-29(33)36/h3-17,24,26-28,35H,18H2,1-2H3,(H,32,34,36). The average Bonchev–Trinajstić information content (AvgIpc) is 3.27. The fraction of sp³-hybridized carbons (Fsp3) is 0.267. The molecule has 9 nitrogen and oxygen atoms in total. The van der Waals surface area contributed by atoms with Gasteiger partial charge in [0.25, 0.3) is 5.56 Å². The third kappa shape index (κ3) is 5.04. The maximum absolute atomic E-state index is 15.2. The summed E-state index contributed by atoms with van der Waals surface area (Å²) < 4.78 is 39.4. The number of ether oxygens (including phenoxy) is 4. The molecule has 0 saturated carbocycles. The number of methoxy groups -OCH3 is 2. The maximum Gasteiger partial charge on any atom is 0.330 e. The lowest BCUT2D eigenvalue weighted by atomic mass is 9.80. The SMILES string of the molecule is COc1ccc(C(OCC2OC(n3ccc(=O)[nH]c3=O)C(F)C2O)(c2ccccc2)c2ccc(OC)cc2)cc1. The molecular formula is C30H29FN2O7. The van der Waals surface area contributed by atoms with E-state index < -0.39 is 41.5 Å². The zero-order chi connectivity index (χ0) is 28.3. The van der Waals surface area contributed by atoms with Crippen LogP contribution in [0.2, 0.25) is 0 Å². The number of nitrogens with one attached hydrogen (secondary N) is 1. The van der Waals surface area contributed by atoms with Gasteiger partial charge in [0.05, 0.1) is 20.8 Å². The quantitative estimate of drug-likeness (QED) is 0.309. The molecule has 5 rings (SSSR count). The second-order valence-electron chi connectivity index (χ2n) is 9.33. The number of benzene rings is 3. The van der Waals surface area contributed by atoms with Crippen LogP contribution in [0.3, 0.4) is 0 Å². The van der Waals surface area contributed by atoms with Crippen LogP contribution in [0.5, 0.6) is 11.5 Å². The summed E-state index contributed by atoms with van der Waals surface area (Å²) >= 11 is 0. The van der Waals surface area contributed by atoms with Crippen molar-refractivity contribution in [1.29, 1.82) is 0 Å². The number of H-pyrrole nitrogens is 1. The fourth-order valence-corrected chi connectivity index (χ4v) is 4.97. The van der Waals surface area contributed by atoms with E-state index in [0.717, 1.165) is 33.5 Å². The number of hydrogen-bond acceptors (Lipinski definition) is 7. The number of aliphatic hydroxyl groups is 1. The van der Waals surface area contributed by atoms with Crippen LogP contribution >= 0.6 is 0 Å². The Morgan fingerprint density at radius 3 is 1.95 bits per heavy atom. The molecule has 4 unspecified atom stereocenters. The number of rotatable bonds is 9. The van der Waals surface area contributed by atoms with Crippen molar-refractivity contribution in [3.63, 3.8) is 0 Å². The van der Waals surface area contributed by atoms with Crippen molar-refractivity contribution < 1.29 is 28.4 Å². The highest BCUT2D eigenvalue weighted by Crippen LogP contribution is 2.43. The van der Waals surface area contributed by atoms with Crippen LogP contribution in [0.1, 0.15) is 22.9 Å². The van der Waals surface area contributed by atoms with Gasteiger partial charge in [-0.1, -0.05) is 54.6 Å². The molecule has 10 heteroatoms. The number of alkyl halides is 1. The van der Waals surface area contributed by atoms with Gasteiger partial charge in [0.1, 0.15) is 29.3 Å². The van der Waals surface area contributed by atoms with Gasteiger partial charge in [0.15, 0.2) is 12.4 Å². The van der Waals surface area contributed by atoms with Crippen LogP contribution in [-0.2, 0) is 15.1 Å². The summed E-state index contributed by atoms with van der Waals surface area (Å²) in [4.78, 5) is 25.8. The Labute approximate surface area is 229 Å². The van der Waals surface area contributed by atoms with E-state index in [1.807, 2.05) is 78.9 Å². The molecule has 1 fully saturated rings. The normalized spacial score (nSPS) is 20.8. The molecular weight excluding hydrogens is 519 g/mol. The molecule has 4 aromatic rings. The molecule has 0 aliphatic carbocycles. The number of nitrogens with zero attached hydrogens (tertiary/aromatic N) is 1. The first-order chi connectivity index (χ1) is 19.4. The molecule has 0 bridgehead atoms. The molecule has 2 heterocycles. The summed E-state index contributed by atoms with van der Waals surface area (Å²) in [5.41, 5.74) is -0.389. The minimum atomic E-state index is -1.94. The molecule has 0 spiro atoms. The van der Waals surface area contributed by atoms with Crippen LogP contribution in [0.25, 0.3) is 0 Å². The van der Waals surface area contributed by atoms with Crippen molar-refractivity contribution in [3.8, 4) is 11.5 Å². The monoisotopic (exact) mass is 548 g/mol. The molecule has 1 aliphatic rings. The second kappa shape index (κ2) is 11.5. The van der Waals surface area contributed by atoms with Crippen LogP contribution < -0.4 is 20.7 Å². The molecule has 40 heavy (non-hydrogen) atoms. The summed E-state index contributed by atoms with van der Waals surface area (Å²) in [6.45, 7) is -0.233. The minimum absolute atomic E-state index is 0.233. The lowest BCUT2D eigenvalue weighted by Crippen LogP contribution is -2.39. The van der Waals surface area contributed by atoms with E-state index in [9.17, 15) is 14.7 Å².